The second-order valence-corrected chi connectivity index (χ2v) is 8.72. The lowest BCUT2D eigenvalue weighted by molar-refractivity contribution is -0.139. The van der Waals surface area contributed by atoms with Crippen LogP contribution in [0.25, 0.3) is 5.76 Å². The van der Waals surface area contributed by atoms with E-state index in [0.29, 0.717) is 23.6 Å². The van der Waals surface area contributed by atoms with Crippen molar-refractivity contribution in [3.8, 4) is 11.5 Å². The van der Waals surface area contributed by atoms with Gasteiger partial charge in [-0.25, -0.2) is 0 Å². The SMILES string of the molecule is CCCCN1C(=O)C(=O)/C(=C(/O)c2cc(C)c(OC)cc2C)C1c1cccc(OC(C)C)c1. The van der Waals surface area contributed by atoms with Crippen LogP contribution < -0.4 is 9.47 Å². The van der Waals surface area contributed by atoms with Gasteiger partial charge in [-0.3, -0.25) is 9.59 Å². The molecule has 1 fully saturated rings. The van der Waals surface area contributed by atoms with Gasteiger partial charge in [0, 0.05) is 12.1 Å². The van der Waals surface area contributed by atoms with E-state index in [1.165, 1.54) is 0 Å². The number of hydrogen-bond acceptors (Lipinski definition) is 5. The summed E-state index contributed by atoms with van der Waals surface area (Å²) in [5.74, 6) is -0.0805. The summed E-state index contributed by atoms with van der Waals surface area (Å²) < 4.78 is 11.2. The molecule has 1 saturated heterocycles. The number of carbonyl (C=O) groups excluding carboxylic acids is 2. The van der Waals surface area contributed by atoms with Crippen molar-refractivity contribution in [2.75, 3.05) is 13.7 Å². The minimum atomic E-state index is -0.686. The number of aliphatic hydroxyl groups excluding tert-OH is 1. The molecule has 6 heteroatoms. The summed E-state index contributed by atoms with van der Waals surface area (Å²) in [5, 5.41) is 11.4. The number of Topliss-reactive ketones (excluding diaryl/α,β-unsaturated/α-hetero) is 1. The van der Waals surface area contributed by atoms with Gasteiger partial charge in [0.2, 0.25) is 0 Å². The van der Waals surface area contributed by atoms with Gasteiger partial charge in [0.1, 0.15) is 17.3 Å². The fraction of sp³-hybridized carbons (Fsp3) is 0.407. The van der Waals surface area contributed by atoms with Gasteiger partial charge >= 0.3 is 0 Å². The zero-order chi connectivity index (χ0) is 24.3. The molecule has 176 valence electrons. The minimum absolute atomic E-state index is 0.0170. The van der Waals surface area contributed by atoms with Crippen molar-refractivity contribution < 1.29 is 24.2 Å². The topological polar surface area (TPSA) is 76.1 Å². The van der Waals surface area contributed by atoms with Crippen molar-refractivity contribution in [3.63, 3.8) is 0 Å². The monoisotopic (exact) mass is 451 g/mol. The highest BCUT2D eigenvalue weighted by Gasteiger charge is 2.46. The molecule has 6 nitrogen and oxygen atoms in total. The number of benzene rings is 2. The maximum absolute atomic E-state index is 13.2. The van der Waals surface area contributed by atoms with Crippen molar-refractivity contribution in [2.24, 2.45) is 0 Å². The maximum atomic E-state index is 13.2. The Morgan fingerprint density at radius 1 is 1.12 bits per heavy atom. The van der Waals surface area contributed by atoms with E-state index in [1.54, 1.807) is 18.1 Å². The maximum Gasteiger partial charge on any atom is 0.295 e. The number of amides is 1. The molecule has 2 aromatic rings. The zero-order valence-corrected chi connectivity index (χ0v) is 20.3. The van der Waals surface area contributed by atoms with E-state index < -0.39 is 17.7 Å². The Labute approximate surface area is 195 Å². The molecular weight excluding hydrogens is 418 g/mol. The van der Waals surface area contributed by atoms with E-state index in [-0.39, 0.29) is 17.4 Å². The highest BCUT2D eigenvalue weighted by atomic mass is 16.5. The summed E-state index contributed by atoms with van der Waals surface area (Å²) in [5.41, 5.74) is 2.93. The van der Waals surface area contributed by atoms with E-state index in [0.717, 1.165) is 29.5 Å². The average molecular weight is 452 g/mol. The van der Waals surface area contributed by atoms with Crippen LogP contribution in [0.5, 0.6) is 11.5 Å². The second kappa shape index (κ2) is 10.1. The standard InChI is InChI=1S/C27H33NO5/c1-7-8-12-28-24(19-10-9-11-20(15-19)33-16(2)3)23(26(30)27(28)31)25(29)21-13-18(5)22(32-6)14-17(21)4/h9-11,13-16,24,29H,7-8,12H2,1-6H3/b25-23+. The zero-order valence-electron chi connectivity index (χ0n) is 20.3. The highest BCUT2D eigenvalue weighted by Crippen LogP contribution is 2.41. The molecule has 1 atom stereocenters. The number of nitrogens with zero attached hydrogens (tertiary/aromatic N) is 1. The summed E-state index contributed by atoms with van der Waals surface area (Å²) in [7, 11) is 1.59. The summed E-state index contributed by atoms with van der Waals surface area (Å²) >= 11 is 0. The van der Waals surface area contributed by atoms with E-state index in [2.05, 4.69) is 0 Å². The number of ether oxygens (including phenoxy) is 2. The third kappa shape index (κ3) is 4.90. The predicted molar refractivity (Wildman–Crippen MR) is 129 cm³/mol. The molecule has 0 saturated carbocycles. The fourth-order valence-electron chi connectivity index (χ4n) is 4.23. The van der Waals surface area contributed by atoms with Gasteiger partial charge in [-0.2, -0.15) is 0 Å². The van der Waals surface area contributed by atoms with Gasteiger partial charge in [0.25, 0.3) is 11.7 Å². The van der Waals surface area contributed by atoms with Crippen LogP contribution in [-0.4, -0.2) is 41.5 Å². The van der Waals surface area contributed by atoms with Crippen LogP contribution >= 0.6 is 0 Å². The molecule has 0 aromatic heterocycles. The van der Waals surface area contributed by atoms with E-state index >= 15 is 0 Å². The van der Waals surface area contributed by atoms with Gasteiger partial charge in [-0.05, 0) is 75.1 Å². The Hall–Kier alpha value is -3.28. The predicted octanol–water partition coefficient (Wildman–Crippen LogP) is 5.32. The van der Waals surface area contributed by atoms with Crippen LogP contribution in [0.3, 0.4) is 0 Å². The van der Waals surface area contributed by atoms with Crippen LogP contribution in [0.15, 0.2) is 42.0 Å². The Bertz CT molecular complexity index is 1090. The molecule has 1 amide bonds. The van der Waals surface area contributed by atoms with Gasteiger partial charge in [0.15, 0.2) is 0 Å². The van der Waals surface area contributed by atoms with E-state index in [9.17, 15) is 14.7 Å². The van der Waals surface area contributed by atoms with Crippen LogP contribution in [0.2, 0.25) is 0 Å². The molecule has 0 aliphatic carbocycles. The molecule has 0 bridgehead atoms. The molecule has 1 heterocycles. The smallest absolute Gasteiger partial charge is 0.295 e. The highest BCUT2D eigenvalue weighted by molar-refractivity contribution is 6.46. The number of rotatable bonds is 8. The van der Waals surface area contributed by atoms with Crippen molar-refractivity contribution in [3.05, 3.63) is 64.2 Å². The number of methoxy groups -OCH3 is 1. The molecule has 0 spiro atoms. The molecule has 0 radical (unpaired) electrons. The molecule has 1 unspecified atom stereocenters. The number of hydrogen-bond donors (Lipinski definition) is 1. The number of aryl methyl sites for hydroxylation is 2. The molecule has 1 N–H and O–H groups in total. The largest absolute Gasteiger partial charge is 0.507 e. The molecule has 3 rings (SSSR count). The summed E-state index contributed by atoms with van der Waals surface area (Å²) in [4.78, 5) is 27.8. The van der Waals surface area contributed by atoms with E-state index in [4.69, 9.17) is 9.47 Å². The molecule has 1 aliphatic rings. The first-order chi connectivity index (χ1) is 15.7. The quantitative estimate of drug-likeness (QED) is 0.334. The van der Waals surface area contributed by atoms with Crippen LogP contribution in [-0.2, 0) is 9.59 Å². The molecule has 33 heavy (non-hydrogen) atoms. The van der Waals surface area contributed by atoms with Gasteiger partial charge in [-0.15, -0.1) is 0 Å². The fourth-order valence-corrected chi connectivity index (χ4v) is 4.23. The Morgan fingerprint density at radius 2 is 1.85 bits per heavy atom. The first-order valence-corrected chi connectivity index (χ1v) is 11.4. The Kier molecular flexibility index (Phi) is 7.46. The normalized spacial score (nSPS) is 17.7. The lowest BCUT2D eigenvalue weighted by Gasteiger charge is -2.26. The Balaban J connectivity index is 2.20. The van der Waals surface area contributed by atoms with Crippen molar-refractivity contribution in [1.29, 1.82) is 0 Å². The molecule has 2 aromatic carbocycles. The average Bonchev–Trinajstić information content (AvgIpc) is 3.03. The van der Waals surface area contributed by atoms with Crippen molar-refractivity contribution in [2.45, 2.75) is 59.6 Å². The number of aliphatic hydroxyl groups is 1. The van der Waals surface area contributed by atoms with Gasteiger partial charge < -0.3 is 19.5 Å². The number of likely N-dealkylation sites (tertiary alicyclic amines) is 1. The number of carbonyl (C=O) groups is 2. The van der Waals surface area contributed by atoms with Crippen molar-refractivity contribution >= 4 is 17.4 Å². The summed E-state index contributed by atoms with van der Waals surface area (Å²) in [6.07, 6.45) is 1.62. The minimum Gasteiger partial charge on any atom is -0.507 e. The molecular formula is C27H33NO5. The van der Waals surface area contributed by atoms with Crippen molar-refractivity contribution in [1.82, 2.24) is 4.90 Å². The number of unbranched alkanes of at least 4 members (excludes halogenated alkanes) is 1. The number of ketones is 1. The first kappa shape index (κ1) is 24.4. The lowest BCUT2D eigenvalue weighted by atomic mass is 9.93. The second-order valence-electron chi connectivity index (χ2n) is 8.72. The van der Waals surface area contributed by atoms with Gasteiger partial charge in [0.05, 0.1) is 24.8 Å². The Morgan fingerprint density at radius 3 is 2.48 bits per heavy atom. The third-order valence-electron chi connectivity index (χ3n) is 5.84. The van der Waals surface area contributed by atoms with E-state index in [1.807, 2.05) is 65.0 Å². The van der Waals surface area contributed by atoms with Crippen LogP contribution in [0.1, 0.15) is 61.9 Å². The summed E-state index contributed by atoms with van der Waals surface area (Å²) in [6, 6.07) is 10.3. The lowest BCUT2D eigenvalue weighted by Crippen LogP contribution is -2.30. The van der Waals surface area contributed by atoms with Crippen LogP contribution in [0, 0.1) is 13.8 Å². The van der Waals surface area contributed by atoms with Gasteiger partial charge in [-0.1, -0.05) is 25.5 Å². The summed E-state index contributed by atoms with van der Waals surface area (Å²) in [6.45, 7) is 10.1. The van der Waals surface area contributed by atoms with Crippen LogP contribution in [0.4, 0.5) is 0 Å². The third-order valence-corrected chi connectivity index (χ3v) is 5.84. The first-order valence-electron chi connectivity index (χ1n) is 11.4. The molecule has 1 aliphatic heterocycles.